The third kappa shape index (κ3) is 3.65. The van der Waals surface area contributed by atoms with Crippen LogP contribution < -0.4 is 16.2 Å². The summed E-state index contributed by atoms with van der Waals surface area (Å²) in [5, 5.41) is 5.88. The van der Waals surface area contributed by atoms with Crippen molar-refractivity contribution in [3.63, 3.8) is 0 Å². The van der Waals surface area contributed by atoms with Crippen molar-refractivity contribution in [2.24, 2.45) is 0 Å². The molecule has 1 aromatic heterocycles. The van der Waals surface area contributed by atoms with E-state index in [0.29, 0.717) is 25.4 Å². The van der Waals surface area contributed by atoms with Crippen molar-refractivity contribution in [3.8, 4) is 0 Å². The van der Waals surface area contributed by atoms with Gasteiger partial charge in [0.05, 0.1) is 12.3 Å². The second kappa shape index (κ2) is 6.49. The number of carbonyl (C=O) groups excluding carboxylic acids is 1. The van der Waals surface area contributed by atoms with Crippen LogP contribution in [0.25, 0.3) is 0 Å². The quantitative estimate of drug-likeness (QED) is 0.815. The first-order chi connectivity index (χ1) is 9.20. The molecular formula is C13H19N3O3. The molecule has 2 N–H and O–H groups in total. The van der Waals surface area contributed by atoms with Crippen molar-refractivity contribution in [2.75, 3.05) is 25.0 Å². The van der Waals surface area contributed by atoms with E-state index in [4.69, 9.17) is 4.74 Å². The lowest BCUT2D eigenvalue weighted by atomic mass is 10.2. The Hall–Kier alpha value is -1.66. The van der Waals surface area contributed by atoms with Gasteiger partial charge in [-0.1, -0.05) is 6.92 Å². The van der Waals surface area contributed by atoms with Crippen molar-refractivity contribution in [3.05, 3.63) is 28.7 Å². The maximum atomic E-state index is 12.0. The van der Waals surface area contributed by atoms with Gasteiger partial charge in [-0.2, -0.15) is 0 Å². The lowest BCUT2D eigenvalue weighted by Crippen LogP contribution is -2.45. The van der Waals surface area contributed by atoms with Crippen molar-refractivity contribution in [1.29, 1.82) is 0 Å². The molecule has 0 aromatic carbocycles. The number of nitrogens with one attached hydrogen (secondary N) is 2. The predicted molar refractivity (Wildman–Crippen MR) is 72.2 cm³/mol. The highest BCUT2D eigenvalue weighted by molar-refractivity contribution is 5.94. The van der Waals surface area contributed by atoms with Crippen LogP contribution in [-0.4, -0.2) is 36.3 Å². The van der Waals surface area contributed by atoms with Gasteiger partial charge in [-0.15, -0.1) is 0 Å². The van der Waals surface area contributed by atoms with E-state index in [-0.39, 0.29) is 11.5 Å². The number of ether oxygens (including phenoxy) is 1. The fraction of sp³-hybridized carbons (Fsp3) is 0.538. The first kappa shape index (κ1) is 13.8. The number of pyridine rings is 1. The van der Waals surface area contributed by atoms with E-state index in [1.807, 2.05) is 6.92 Å². The zero-order chi connectivity index (χ0) is 13.7. The largest absolute Gasteiger partial charge is 0.366 e. The van der Waals surface area contributed by atoms with Gasteiger partial charge in [-0.25, -0.2) is 0 Å². The van der Waals surface area contributed by atoms with E-state index in [0.717, 1.165) is 13.0 Å². The van der Waals surface area contributed by atoms with Gasteiger partial charge in [-0.05, 0) is 12.5 Å². The number of morpholine rings is 1. The molecule has 0 spiro atoms. The third-order valence-corrected chi connectivity index (χ3v) is 2.94. The highest BCUT2D eigenvalue weighted by Crippen LogP contribution is 2.06. The van der Waals surface area contributed by atoms with Crippen LogP contribution in [0.15, 0.2) is 23.1 Å². The van der Waals surface area contributed by atoms with Gasteiger partial charge in [-0.3, -0.25) is 9.59 Å². The van der Waals surface area contributed by atoms with Gasteiger partial charge < -0.3 is 19.9 Å². The number of anilines is 1. The van der Waals surface area contributed by atoms with Crippen LogP contribution >= 0.6 is 0 Å². The average Bonchev–Trinajstić information content (AvgIpc) is 2.44. The average molecular weight is 265 g/mol. The number of carbonyl (C=O) groups is 1. The van der Waals surface area contributed by atoms with Crippen molar-refractivity contribution in [1.82, 2.24) is 9.88 Å². The Labute approximate surface area is 111 Å². The fourth-order valence-corrected chi connectivity index (χ4v) is 1.98. The van der Waals surface area contributed by atoms with E-state index in [1.165, 1.54) is 6.07 Å². The molecular weight excluding hydrogens is 246 g/mol. The Balaban J connectivity index is 2.03. The summed E-state index contributed by atoms with van der Waals surface area (Å²) in [5.41, 5.74) is 0.558. The minimum Gasteiger partial charge on any atom is -0.366 e. The summed E-state index contributed by atoms with van der Waals surface area (Å²) in [6.07, 6.45) is 2.06. The second-order valence-corrected chi connectivity index (χ2v) is 4.50. The highest BCUT2D eigenvalue weighted by Gasteiger charge is 2.21. The Morgan fingerprint density at radius 3 is 3.11 bits per heavy atom. The summed E-state index contributed by atoms with van der Waals surface area (Å²) in [4.78, 5) is 23.5. The normalized spacial score (nSPS) is 19.1. The van der Waals surface area contributed by atoms with Gasteiger partial charge in [0.25, 0.3) is 11.5 Å². The maximum Gasteiger partial charge on any atom is 0.254 e. The van der Waals surface area contributed by atoms with Crippen LogP contribution in [0.2, 0.25) is 0 Å². The lowest BCUT2D eigenvalue weighted by Gasteiger charge is -2.22. The monoisotopic (exact) mass is 265 g/mol. The van der Waals surface area contributed by atoms with Gasteiger partial charge in [0.15, 0.2) is 0 Å². The van der Waals surface area contributed by atoms with E-state index in [1.54, 1.807) is 16.8 Å². The molecule has 2 rings (SSSR count). The first-order valence-electron chi connectivity index (χ1n) is 6.54. The summed E-state index contributed by atoms with van der Waals surface area (Å²) in [6, 6.07) is 3.08. The fourth-order valence-electron chi connectivity index (χ4n) is 1.98. The summed E-state index contributed by atoms with van der Waals surface area (Å²) < 4.78 is 6.96. The molecule has 0 bridgehead atoms. The molecule has 1 fully saturated rings. The highest BCUT2D eigenvalue weighted by atomic mass is 16.5. The van der Waals surface area contributed by atoms with Crippen molar-refractivity contribution < 1.29 is 9.53 Å². The second-order valence-electron chi connectivity index (χ2n) is 4.50. The number of rotatable bonds is 4. The molecule has 0 aliphatic carbocycles. The SMILES string of the molecule is CCCn1cc(NC(=O)C2CNCCO2)ccc1=O. The Kier molecular flexibility index (Phi) is 4.70. The summed E-state index contributed by atoms with van der Waals surface area (Å²) in [6.45, 7) is 4.46. The molecule has 19 heavy (non-hydrogen) atoms. The minimum absolute atomic E-state index is 0.0598. The molecule has 1 unspecified atom stereocenters. The Bertz CT molecular complexity index is 492. The zero-order valence-electron chi connectivity index (χ0n) is 11.0. The van der Waals surface area contributed by atoms with Crippen LogP contribution in [0.1, 0.15) is 13.3 Å². The number of amides is 1. The maximum absolute atomic E-state index is 12.0. The van der Waals surface area contributed by atoms with Crippen molar-refractivity contribution >= 4 is 11.6 Å². The molecule has 1 aliphatic rings. The van der Waals surface area contributed by atoms with Crippen molar-refractivity contribution in [2.45, 2.75) is 26.0 Å². The molecule has 1 aromatic rings. The number of nitrogens with zero attached hydrogens (tertiary/aromatic N) is 1. The van der Waals surface area contributed by atoms with E-state index in [2.05, 4.69) is 10.6 Å². The molecule has 6 nitrogen and oxygen atoms in total. The molecule has 104 valence electrons. The molecule has 0 radical (unpaired) electrons. The number of aromatic nitrogens is 1. The van der Waals surface area contributed by atoms with Gasteiger partial charge in [0, 0.05) is 31.9 Å². The van der Waals surface area contributed by atoms with Crippen LogP contribution in [0.3, 0.4) is 0 Å². The molecule has 1 atom stereocenters. The molecule has 2 heterocycles. The molecule has 0 saturated carbocycles. The standard InChI is InChI=1S/C13H19N3O3/c1-2-6-16-9-10(3-4-12(16)17)15-13(18)11-8-14-5-7-19-11/h3-4,9,11,14H,2,5-8H2,1H3,(H,15,18). The van der Waals surface area contributed by atoms with Gasteiger partial charge >= 0.3 is 0 Å². The van der Waals surface area contributed by atoms with Crippen LogP contribution in [-0.2, 0) is 16.1 Å². The number of aryl methyl sites for hydroxylation is 1. The van der Waals surface area contributed by atoms with Crippen LogP contribution in [0, 0.1) is 0 Å². The first-order valence-corrected chi connectivity index (χ1v) is 6.54. The summed E-state index contributed by atoms with van der Waals surface area (Å²) in [7, 11) is 0. The van der Waals surface area contributed by atoms with Gasteiger partial charge in [0.1, 0.15) is 6.10 Å². The Morgan fingerprint density at radius 1 is 1.58 bits per heavy atom. The topological polar surface area (TPSA) is 72.4 Å². The zero-order valence-corrected chi connectivity index (χ0v) is 11.0. The third-order valence-electron chi connectivity index (χ3n) is 2.94. The predicted octanol–water partition coefficient (Wildman–Crippen LogP) is 0.185. The minimum atomic E-state index is -0.472. The Morgan fingerprint density at radius 2 is 2.42 bits per heavy atom. The smallest absolute Gasteiger partial charge is 0.254 e. The van der Waals surface area contributed by atoms with E-state index >= 15 is 0 Å². The van der Waals surface area contributed by atoms with Crippen LogP contribution in [0.4, 0.5) is 5.69 Å². The lowest BCUT2D eigenvalue weighted by molar-refractivity contribution is -0.128. The molecule has 1 aliphatic heterocycles. The van der Waals surface area contributed by atoms with Crippen LogP contribution in [0.5, 0.6) is 0 Å². The molecule has 6 heteroatoms. The van der Waals surface area contributed by atoms with Gasteiger partial charge in [0.2, 0.25) is 0 Å². The van der Waals surface area contributed by atoms with E-state index < -0.39 is 6.10 Å². The van der Waals surface area contributed by atoms with E-state index in [9.17, 15) is 9.59 Å². The number of hydrogen-bond acceptors (Lipinski definition) is 4. The summed E-state index contributed by atoms with van der Waals surface area (Å²) in [5.74, 6) is -0.186. The molecule has 1 amide bonds. The molecule has 1 saturated heterocycles. The number of hydrogen-bond donors (Lipinski definition) is 2. The summed E-state index contributed by atoms with van der Waals surface area (Å²) >= 11 is 0.